The van der Waals surface area contributed by atoms with E-state index in [0.29, 0.717) is 0 Å². The molecule has 1 N–H and O–H groups in total. The summed E-state index contributed by atoms with van der Waals surface area (Å²) in [5.41, 5.74) is 2.66. The van der Waals surface area contributed by atoms with Crippen LogP contribution in [0.4, 0.5) is 5.69 Å². The molecule has 4 aromatic rings. The third-order valence-electron chi connectivity index (χ3n) is 4.06. The highest BCUT2D eigenvalue weighted by Gasteiger charge is 2.17. The van der Waals surface area contributed by atoms with Gasteiger partial charge in [-0.2, -0.15) is 0 Å². The van der Waals surface area contributed by atoms with Crippen LogP contribution in [-0.2, 0) is 4.79 Å². The third kappa shape index (κ3) is 3.04. The summed E-state index contributed by atoms with van der Waals surface area (Å²) in [5.74, 6) is -0.0911. The number of amides is 1. The van der Waals surface area contributed by atoms with Crippen molar-refractivity contribution >= 4 is 33.1 Å². The number of para-hydroxylation sites is 2. The maximum absolute atomic E-state index is 12.6. The molecular weight excluding hydrogens is 332 g/mol. The molecule has 1 atom stereocenters. The summed E-state index contributed by atoms with van der Waals surface area (Å²) >= 11 is 1.62. The Labute approximate surface area is 149 Å². The fourth-order valence-corrected chi connectivity index (χ4v) is 3.64. The van der Waals surface area contributed by atoms with E-state index in [-0.39, 0.29) is 11.9 Å². The zero-order chi connectivity index (χ0) is 17.2. The minimum atomic E-state index is -0.342. The standard InChI is InChI=1S/C19H16N4OS/c1-13(23-11-10-20-12-23)18(24)21-15-7-3-2-6-14(15)19-22-16-8-4-5-9-17(16)25-19/h2-13H,1H3,(H,21,24). The summed E-state index contributed by atoms with van der Waals surface area (Å²) in [6, 6.07) is 15.4. The molecular formula is C19H16N4OS. The Morgan fingerprint density at radius 2 is 1.96 bits per heavy atom. The van der Waals surface area contributed by atoms with Crippen LogP contribution < -0.4 is 5.32 Å². The zero-order valence-corrected chi connectivity index (χ0v) is 14.4. The molecule has 0 aliphatic carbocycles. The Bertz CT molecular complexity index is 990. The molecule has 0 aliphatic rings. The van der Waals surface area contributed by atoms with Gasteiger partial charge in [0, 0.05) is 18.0 Å². The molecule has 0 saturated carbocycles. The molecule has 6 heteroatoms. The highest BCUT2D eigenvalue weighted by molar-refractivity contribution is 7.21. The lowest BCUT2D eigenvalue weighted by Gasteiger charge is -2.15. The number of hydrogen-bond donors (Lipinski definition) is 1. The van der Waals surface area contributed by atoms with E-state index in [1.807, 2.05) is 49.4 Å². The summed E-state index contributed by atoms with van der Waals surface area (Å²) in [4.78, 5) is 21.3. The molecule has 0 fully saturated rings. The Morgan fingerprint density at radius 3 is 2.76 bits per heavy atom. The molecule has 25 heavy (non-hydrogen) atoms. The first-order valence-electron chi connectivity index (χ1n) is 7.95. The number of hydrogen-bond acceptors (Lipinski definition) is 4. The van der Waals surface area contributed by atoms with E-state index < -0.39 is 0 Å². The number of carbonyl (C=O) groups excluding carboxylic acids is 1. The lowest BCUT2D eigenvalue weighted by molar-refractivity contribution is -0.118. The number of benzene rings is 2. The number of fused-ring (bicyclic) bond motifs is 1. The average molecular weight is 348 g/mol. The van der Waals surface area contributed by atoms with Gasteiger partial charge in [0.2, 0.25) is 5.91 Å². The summed E-state index contributed by atoms with van der Waals surface area (Å²) in [6.45, 7) is 1.84. The Kier molecular flexibility index (Phi) is 4.03. The first-order valence-corrected chi connectivity index (χ1v) is 8.77. The van der Waals surface area contributed by atoms with Crippen molar-refractivity contribution in [3.05, 3.63) is 67.3 Å². The summed E-state index contributed by atoms with van der Waals surface area (Å²) in [7, 11) is 0. The predicted molar refractivity (Wildman–Crippen MR) is 101 cm³/mol. The normalized spacial score (nSPS) is 12.2. The molecule has 2 aromatic carbocycles. The van der Waals surface area contributed by atoms with Gasteiger partial charge in [-0.15, -0.1) is 11.3 Å². The largest absolute Gasteiger partial charge is 0.325 e. The van der Waals surface area contributed by atoms with E-state index in [0.717, 1.165) is 26.5 Å². The Hall–Kier alpha value is -2.99. The molecule has 2 aromatic heterocycles. The van der Waals surface area contributed by atoms with Crippen LogP contribution in [0, 0.1) is 0 Å². The van der Waals surface area contributed by atoms with Crippen molar-refractivity contribution in [1.82, 2.24) is 14.5 Å². The van der Waals surface area contributed by atoms with Crippen LogP contribution in [-0.4, -0.2) is 20.4 Å². The van der Waals surface area contributed by atoms with Crippen LogP contribution in [0.3, 0.4) is 0 Å². The van der Waals surface area contributed by atoms with Crippen LogP contribution in [0.15, 0.2) is 67.3 Å². The van der Waals surface area contributed by atoms with Crippen molar-refractivity contribution in [3.8, 4) is 10.6 Å². The smallest absolute Gasteiger partial charge is 0.247 e. The van der Waals surface area contributed by atoms with Gasteiger partial charge in [0.25, 0.3) is 0 Å². The summed E-state index contributed by atoms with van der Waals surface area (Å²) in [5, 5.41) is 3.92. The van der Waals surface area contributed by atoms with Crippen molar-refractivity contribution in [2.24, 2.45) is 0 Å². The van der Waals surface area contributed by atoms with E-state index in [1.54, 1.807) is 34.6 Å². The number of imidazole rings is 1. The van der Waals surface area contributed by atoms with Gasteiger partial charge in [0.05, 0.1) is 22.2 Å². The zero-order valence-electron chi connectivity index (χ0n) is 13.6. The maximum atomic E-state index is 12.6. The number of aromatic nitrogens is 3. The highest BCUT2D eigenvalue weighted by Crippen LogP contribution is 2.34. The number of thiazole rings is 1. The molecule has 4 rings (SSSR count). The molecule has 5 nitrogen and oxygen atoms in total. The fourth-order valence-electron chi connectivity index (χ4n) is 2.64. The number of carbonyl (C=O) groups is 1. The van der Waals surface area contributed by atoms with E-state index in [4.69, 9.17) is 4.98 Å². The van der Waals surface area contributed by atoms with Crippen molar-refractivity contribution in [2.45, 2.75) is 13.0 Å². The average Bonchev–Trinajstić information content (AvgIpc) is 3.31. The van der Waals surface area contributed by atoms with E-state index >= 15 is 0 Å². The van der Waals surface area contributed by atoms with Crippen LogP contribution in [0.25, 0.3) is 20.8 Å². The first kappa shape index (κ1) is 15.5. The SMILES string of the molecule is CC(C(=O)Nc1ccccc1-c1nc2ccccc2s1)n1ccnc1. The van der Waals surface area contributed by atoms with Gasteiger partial charge < -0.3 is 9.88 Å². The molecule has 2 heterocycles. The van der Waals surface area contributed by atoms with Gasteiger partial charge in [0.15, 0.2) is 0 Å². The van der Waals surface area contributed by atoms with Gasteiger partial charge in [-0.25, -0.2) is 9.97 Å². The molecule has 1 amide bonds. The highest BCUT2D eigenvalue weighted by atomic mass is 32.1. The van der Waals surface area contributed by atoms with Crippen LogP contribution >= 0.6 is 11.3 Å². The lowest BCUT2D eigenvalue weighted by Crippen LogP contribution is -2.23. The molecule has 124 valence electrons. The number of nitrogens with one attached hydrogen (secondary N) is 1. The van der Waals surface area contributed by atoms with Gasteiger partial charge >= 0.3 is 0 Å². The topological polar surface area (TPSA) is 59.8 Å². The van der Waals surface area contributed by atoms with Gasteiger partial charge in [0.1, 0.15) is 11.0 Å². The lowest BCUT2D eigenvalue weighted by atomic mass is 10.1. The summed E-state index contributed by atoms with van der Waals surface area (Å²) in [6.07, 6.45) is 5.09. The molecule has 0 aliphatic heterocycles. The molecule has 0 saturated heterocycles. The van der Waals surface area contributed by atoms with Crippen molar-refractivity contribution in [3.63, 3.8) is 0 Å². The van der Waals surface area contributed by atoms with Crippen molar-refractivity contribution in [1.29, 1.82) is 0 Å². The molecule has 0 bridgehead atoms. The quantitative estimate of drug-likeness (QED) is 0.596. The number of rotatable bonds is 4. The third-order valence-corrected chi connectivity index (χ3v) is 5.13. The van der Waals surface area contributed by atoms with Crippen molar-refractivity contribution in [2.75, 3.05) is 5.32 Å². The van der Waals surface area contributed by atoms with E-state index in [9.17, 15) is 4.79 Å². The van der Waals surface area contributed by atoms with Crippen LogP contribution in [0.1, 0.15) is 13.0 Å². The van der Waals surface area contributed by atoms with E-state index in [2.05, 4.69) is 16.4 Å². The van der Waals surface area contributed by atoms with Gasteiger partial charge in [-0.05, 0) is 31.2 Å². The minimum absolute atomic E-state index is 0.0911. The first-order chi connectivity index (χ1) is 12.2. The summed E-state index contributed by atoms with van der Waals surface area (Å²) < 4.78 is 2.90. The van der Waals surface area contributed by atoms with Crippen LogP contribution in [0.5, 0.6) is 0 Å². The van der Waals surface area contributed by atoms with Crippen LogP contribution in [0.2, 0.25) is 0 Å². The van der Waals surface area contributed by atoms with Gasteiger partial charge in [-0.3, -0.25) is 4.79 Å². The molecule has 0 spiro atoms. The second-order valence-corrected chi connectivity index (χ2v) is 6.74. The monoisotopic (exact) mass is 348 g/mol. The minimum Gasteiger partial charge on any atom is -0.325 e. The fraction of sp³-hybridized carbons (Fsp3) is 0.105. The molecule has 0 radical (unpaired) electrons. The molecule has 1 unspecified atom stereocenters. The number of anilines is 1. The van der Waals surface area contributed by atoms with Crippen molar-refractivity contribution < 1.29 is 4.79 Å². The second-order valence-electron chi connectivity index (χ2n) is 5.71. The predicted octanol–water partition coefficient (Wildman–Crippen LogP) is 4.36. The van der Waals surface area contributed by atoms with E-state index in [1.165, 1.54) is 0 Å². The second kappa shape index (κ2) is 6.49. The van der Waals surface area contributed by atoms with Gasteiger partial charge in [-0.1, -0.05) is 24.3 Å². The number of nitrogens with zero attached hydrogens (tertiary/aromatic N) is 3. The maximum Gasteiger partial charge on any atom is 0.247 e. The Balaban J connectivity index is 1.66. The Morgan fingerprint density at radius 1 is 1.16 bits per heavy atom.